The van der Waals surface area contributed by atoms with E-state index in [-0.39, 0.29) is 12.2 Å². The number of likely N-dealkylation sites (N-methyl/N-ethyl adjacent to an activating group) is 1. The minimum atomic E-state index is 0.00938. The van der Waals surface area contributed by atoms with E-state index in [0.717, 1.165) is 54.9 Å². The Morgan fingerprint density at radius 1 is 0.929 bits per heavy atom. The van der Waals surface area contributed by atoms with Gasteiger partial charge in [0, 0.05) is 80.9 Å². The third-order valence-corrected chi connectivity index (χ3v) is 8.23. The number of ketones is 1. The molecule has 9 heteroatoms. The maximum atomic E-state index is 13.4. The Bertz CT molecular complexity index is 1750. The van der Waals surface area contributed by atoms with Crippen molar-refractivity contribution in [3.05, 3.63) is 100 Å². The van der Waals surface area contributed by atoms with Crippen LogP contribution in [-0.2, 0) is 20.0 Å². The summed E-state index contributed by atoms with van der Waals surface area (Å²) < 4.78 is 8.25. The van der Waals surface area contributed by atoms with E-state index >= 15 is 0 Å². The second kappa shape index (κ2) is 12.0. The molecule has 0 amide bonds. The predicted molar refractivity (Wildman–Crippen MR) is 165 cm³/mol. The first kappa shape index (κ1) is 28.0. The van der Waals surface area contributed by atoms with E-state index in [9.17, 15) is 4.79 Å². The van der Waals surface area contributed by atoms with Gasteiger partial charge in [0.1, 0.15) is 11.3 Å². The fourth-order valence-corrected chi connectivity index (χ4v) is 5.47. The van der Waals surface area contributed by atoms with Crippen LogP contribution in [0.3, 0.4) is 0 Å². The number of hydrogen-bond donors (Lipinski definition) is 0. The van der Waals surface area contributed by atoms with E-state index in [2.05, 4.69) is 34.8 Å². The van der Waals surface area contributed by atoms with Gasteiger partial charge in [-0.15, -0.1) is 0 Å². The van der Waals surface area contributed by atoms with Gasteiger partial charge in [-0.2, -0.15) is 4.98 Å². The summed E-state index contributed by atoms with van der Waals surface area (Å²) in [7, 11) is 4.09. The smallest absolute Gasteiger partial charge is 0.247 e. The van der Waals surface area contributed by atoms with Crippen molar-refractivity contribution in [3.63, 3.8) is 0 Å². The van der Waals surface area contributed by atoms with Crippen LogP contribution in [0.4, 0.5) is 0 Å². The minimum absolute atomic E-state index is 0.00938. The Labute approximate surface area is 250 Å². The van der Waals surface area contributed by atoms with E-state index in [1.54, 1.807) is 24.5 Å². The zero-order chi connectivity index (χ0) is 29.2. The zero-order valence-corrected chi connectivity index (χ0v) is 24.8. The summed E-state index contributed by atoms with van der Waals surface area (Å²) in [6.45, 7) is 7.26. The molecule has 1 aliphatic rings. The fourth-order valence-electron chi connectivity index (χ4n) is 5.29. The lowest BCUT2D eigenvalue weighted by Gasteiger charge is -2.32. The van der Waals surface area contributed by atoms with Crippen molar-refractivity contribution in [1.29, 1.82) is 0 Å². The highest BCUT2D eigenvalue weighted by molar-refractivity contribution is 6.31. The summed E-state index contributed by atoms with van der Waals surface area (Å²) in [5.74, 6) is 1.52. The highest BCUT2D eigenvalue weighted by atomic mass is 35.5. The van der Waals surface area contributed by atoms with E-state index in [1.807, 2.05) is 54.2 Å². The van der Waals surface area contributed by atoms with Crippen molar-refractivity contribution in [2.75, 3.05) is 33.2 Å². The first-order valence-corrected chi connectivity index (χ1v) is 14.5. The molecule has 2 aromatic carbocycles. The molecule has 0 N–H and O–H groups in total. The van der Waals surface area contributed by atoms with Crippen molar-refractivity contribution < 1.29 is 9.53 Å². The van der Waals surface area contributed by atoms with Gasteiger partial charge < -0.3 is 14.2 Å². The molecule has 5 aromatic rings. The molecule has 0 bridgehead atoms. The summed E-state index contributed by atoms with van der Waals surface area (Å²) in [5.41, 5.74) is 6.14. The molecule has 3 aromatic heterocycles. The molecule has 214 valence electrons. The van der Waals surface area contributed by atoms with E-state index in [4.69, 9.17) is 26.3 Å². The van der Waals surface area contributed by atoms with Crippen molar-refractivity contribution in [1.82, 2.24) is 29.3 Å². The van der Waals surface area contributed by atoms with Crippen LogP contribution in [0, 0.1) is 6.92 Å². The largest absolute Gasteiger partial charge is 0.437 e. The highest BCUT2D eigenvalue weighted by Crippen LogP contribution is 2.32. The Morgan fingerprint density at radius 3 is 2.48 bits per heavy atom. The number of ether oxygens (including phenoxy) is 1. The van der Waals surface area contributed by atoms with Crippen LogP contribution in [0.2, 0.25) is 5.02 Å². The lowest BCUT2D eigenvalue weighted by molar-refractivity contribution is 0.0993. The fraction of sp³-hybridized carbons (Fsp3) is 0.273. The number of nitrogens with zero attached hydrogens (tertiary/aromatic N) is 6. The van der Waals surface area contributed by atoms with E-state index < -0.39 is 0 Å². The number of Topliss-reactive ketones (excluding diaryl/α,β-unsaturated/α-hetero) is 1. The predicted octanol–water partition coefficient (Wildman–Crippen LogP) is 5.96. The molecule has 0 aliphatic carbocycles. The van der Waals surface area contributed by atoms with Gasteiger partial charge in [0.15, 0.2) is 11.6 Å². The number of aromatic nitrogens is 4. The SMILES string of the molecule is Cc1cc(C(=O)Cc2cc(Oc3nc(-c4ccncc4)nc4ccn(C)c34)ccc2Cl)ccc1CN1CCN(C)CC1. The molecular weight excluding hydrogens is 548 g/mol. The normalized spacial score (nSPS) is 14.4. The maximum Gasteiger partial charge on any atom is 0.247 e. The van der Waals surface area contributed by atoms with Crippen LogP contribution >= 0.6 is 11.6 Å². The van der Waals surface area contributed by atoms with Crippen LogP contribution in [-0.4, -0.2) is 68.3 Å². The molecule has 0 saturated carbocycles. The lowest BCUT2D eigenvalue weighted by Crippen LogP contribution is -2.43. The first-order valence-electron chi connectivity index (χ1n) is 14.1. The Hall–Kier alpha value is -4.11. The summed E-state index contributed by atoms with van der Waals surface area (Å²) in [5, 5.41) is 0.517. The van der Waals surface area contributed by atoms with Crippen LogP contribution < -0.4 is 4.74 Å². The standard InChI is InChI=1S/C33H33ClN6O2/c1-22-18-24(4-5-25(22)21-40-16-14-38(2)15-17-40)30(41)20-26-19-27(6-7-28(26)34)42-33-31-29(10-13-39(31)3)36-32(37-33)23-8-11-35-12-9-23/h4-13,18-19H,14-17,20-21H2,1-3H3. The summed E-state index contributed by atoms with van der Waals surface area (Å²) in [6, 6.07) is 17.0. The molecule has 0 radical (unpaired) electrons. The highest BCUT2D eigenvalue weighted by Gasteiger charge is 2.18. The number of piperazine rings is 1. The monoisotopic (exact) mass is 580 g/mol. The summed E-state index contributed by atoms with van der Waals surface area (Å²) in [4.78, 5) is 31.7. The molecule has 0 atom stereocenters. The molecular formula is C33H33ClN6O2. The van der Waals surface area contributed by atoms with Gasteiger partial charge in [-0.25, -0.2) is 4.98 Å². The van der Waals surface area contributed by atoms with Crippen molar-refractivity contribution in [2.45, 2.75) is 19.9 Å². The number of pyridine rings is 1. The van der Waals surface area contributed by atoms with Gasteiger partial charge >= 0.3 is 0 Å². The minimum Gasteiger partial charge on any atom is -0.437 e. The number of benzene rings is 2. The summed E-state index contributed by atoms with van der Waals surface area (Å²) >= 11 is 6.56. The average Bonchev–Trinajstić information content (AvgIpc) is 3.38. The van der Waals surface area contributed by atoms with E-state index in [1.165, 1.54) is 5.56 Å². The van der Waals surface area contributed by atoms with Crippen molar-refractivity contribution >= 4 is 28.4 Å². The quantitative estimate of drug-likeness (QED) is 0.210. The number of rotatable bonds is 8. The number of carbonyl (C=O) groups is 1. The topological polar surface area (TPSA) is 76.4 Å². The van der Waals surface area contributed by atoms with Gasteiger partial charge in [-0.05, 0) is 73.1 Å². The second-order valence-electron chi connectivity index (χ2n) is 10.9. The number of fused-ring (bicyclic) bond motifs is 1. The number of halogens is 1. The van der Waals surface area contributed by atoms with Crippen LogP contribution in [0.1, 0.15) is 27.0 Å². The van der Waals surface area contributed by atoms with Crippen LogP contribution in [0.5, 0.6) is 11.6 Å². The molecule has 8 nitrogen and oxygen atoms in total. The van der Waals surface area contributed by atoms with Gasteiger partial charge in [0.25, 0.3) is 0 Å². The molecule has 1 fully saturated rings. The Kier molecular flexibility index (Phi) is 8.02. The number of hydrogen-bond acceptors (Lipinski definition) is 7. The molecule has 42 heavy (non-hydrogen) atoms. The Balaban J connectivity index is 1.21. The second-order valence-corrected chi connectivity index (χ2v) is 11.3. The van der Waals surface area contributed by atoms with Crippen molar-refractivity contribution in [3.8, 4) is 23.0 Å². The third-order valence-electron chi connectivity index (χ3n) is 7.86. The lowest BCUT2D eigenvalue weighted by atomic mass is 9.98. The maximum absolute atomic E-state index is 13.4. The number of aryl methyl sites for hydroxylation is 2. The molecule has 6 rings (SSSR count). The average molecular weight is 581 g/mol. The molecule has 1 aliphatic heterocycles. The molecule has 0 unspecified atom stereocenters. The van der Waals surface area contributed by atoms with Crippen molar-refractivity contribution in [2.24, 2.45) is 7.05 Å². The van der Waals surface area contributed by atoms with Gasteiger partial charge in [-0.1, -0.05) is 23.7 Å². The van der Waals surface area contributed by atoms with E-state index in [0.29, 0.717) is 33.6 Å². The number of carbonyl (C=O) groups excluding carboxylic acids is 1. The van der Waals surface area contributed by atoms with Gasteiger partial charge in [-0.3, -0.25) is 14.7 Å². The van der Waals surface area contributed by atoms with Gasteiger partial charge in [0.2, 0.25) is 5.88 Å². The molecule has 1 saturated heterocycles. The summed E-state index contributed by atoms with van der Waals surface area (Å²) in [6.07, 6.45) is 5.50. The third kappa shape index (κ3) is 6.06. The first-order chi connectivity index (χ1) is 20.3. The Morgan fingerprint density at radius 2 is 1.71 bits per heavy atom. The van der Waals surface area contributed by atoms with Crippen LogP contribution in [0.25, 0.3) is 22.4 Å². The molecule has 4 heterocycles. The zero-order valence-electron chi connectivity index (χ0n) is 24.0. The van der Waals surface area contributed by atoms with Crippen LogP contribution in [0.15, 0.2) is 73.2 Å². The molecule has 0 spiro atoms. The van der Waals surface area contributed by atoms with Gasteiger partial charge in [0.05, 0.1) is 5.52 Å².